The topological polar surface area (TPSA) is 51.2 Å². The van der Waals surface area contributed by atoms with E-state index in [9.17, 15) is 0 Å². The highest BCUT2D eigenvalue weighted by Crippen LogP contribution is 2.26. The van der Waals surface area contributed by atoms with Gasteiger partial charge in [0.2, 0.25) is 5.89 Å². The molecule has 0 spiro atoms. The fourth-order valence-electron chi connectivity index (χ4n) is 1.17. The van der Waals surface area contributed by atoms with Crippen LogP contribution < -0.4 is 5.32 Å². The Kier molecular flexibility index (Phi) is 2.93. The fraction of sp³-hybridized carbons (Fsp3) is 0.300. The summed E-state index contributed by atoms with van der Waals surface area (Å²) in [4.78, 5) is 4.17. The molecule has 2 heterocycles. The number of nitrogens with one attached hydrogen (secondary N) is 1. The second kappa shape index (κ2) is 4.20. The largest absolute Gasteiger partial charge is 0.446 e. The van der Waals surface area contributed by atoms with E-state index in [1.54, 1.807) is 6.20 Å². The summed E-state index contributed by atoms with van der Waals surface area (Å²) < 4.78 is 11.6. The van der Waals surface area contributed by atoms with Crippen molar-refractivity contribution in [2.24, 2.45) is 0 Å². The van der Waals surface area contributed by atoms with Gasteiger partial charge in [0.05, 0.1) is 12.2 Å². The zero-order chi connectivity index (χ0) is 10.8. The second-order valence-corrected chi connectivity index (χ2v) is 3.96. The van der Waals surface area contributed by atoms with Gasteiger partial charge in [-0.2, -0.15) is 0 Å². The molecule has 1 atom stereocenters. The highest BCUT2D eigenvalue weighted by molar-refractivity contribution is 9.10. The van der Waals surface area contributed by atoms with Crippen LogP contribution >= 0.6 is 15.9 Å². The number of furan rings is 1. The third-order valence-electron chi connectivity index (χ3n) is 2.14. The molecule has 2 aromatic rings. The third kappa shape index (κ3) is 2.13. The molecule has 0 saturated carbocycles. The molecule has 0 aliphatic heterocycles. The Labute approximate surface area is 95.8 Å². The van der Waals surface area contributed by atoms with Crippen LogP contribution in [-0.4, -0.2) is 12.0 Å². The highest BCUT2D eigenvalue weighted by atomic mass is 79.9. The normalized spacial score (nSPS) is 13.0. The van der Waals surface area contributed by atoms with Gasteiger partial charge in [0.15, 0.2) is 16.2 Å². The highest BCUT2D eigenvalue weighted by Gasteiger charge is 2.13. The minimum atomic E-state index is 0.0946. The lowest BCUT2D eigenvalue weighted by atomic mass is 10.3. The van der Waals surface area contributed by atoms with E-state index in [0.717, 1.165) is 0 Å². The first-order valence-electron chi connectivity index (χ1n) is 4.59. The molecule has 2 aromatic heterocycles. The Hall–Kier alpha value is -1.07. The van der Waals surface area contributed by atoms with Crippen molar-refractivity contribution < 1.29 is 8.83 Å². The fourth-order valence-corrected chi connectivity index (χ4v) is 1.48. The summed E-state index contributed by atoms with van der Waals surface area (Å²) in [6.07, 6.45) is 1.66. The van der Waals surface area contributed by atoms with Crippen molar-refractivity contribution in [3.8, 4) is 11.5 Å². The van der Waals surface area contributed by atoms with E-state index >= 15 is 0 Å². The maximum atomic E-state index is 5.55. The quantitative estimate of drug-likeness (QED) is 0.932. The number of oxazole rings is 1. The van der Waals surface area contributed by atoms with Crippen LogP contribution in [0.3, 0.4) is 0 Å². The van der Waals surface area contributed by atoms with Crippen LogP contribution in [0.4, 0.5) is 0 Å². The minimum Gasteiger partial charge on any atom is -0.446 e. The van der Waals surface area contributed by atoms with E-state index in [1.807, 2.05) is 26.1 Å². The van der Waals surface area contributed by atoms with Crippen molar-refractivity contribution in [3.05, 3.63) is 28.9 Å². The number of halogens is 1. The van der Waals surface area contributed by atoms with Crippen LogP contribution in [0.15, 0.2) is 31.8 Å². The summed E-state index contributed by atoms with van der Waals surface area (Å²) in [7, 11) is 1.86. The van der Waals surface area contributed by atoms with Gasteiger partial charge in [0.25, 0.3) is 0 Å². The molecule has 0 aliphatic rings. The molecule has 1 N–H and O–H groups in total. The van der Waals surface area contributed by atoms with Gasteiger partial charge in [-0.05, 0) is 42.0 Å². The van der Waals surface area contributed by atoms with Crippen molar-refractivity contribution in [3.63, 3.8) is 0 Å². The smallest absolute Gasteiger partial charge is 0.211 e. The van der Waals surface area contributed by atoms with Crippen LogP contribution in [0.5, 0.6) is 0 Å². The maximum absolute atomic E-state index is 5.55. The number of aromatic nitrogens is 1. The van der Waals surface area contributed by atoms with Crippen molar-refractivity contribution >= 4 is 15.9 Å². The molecule has 0 bridgehead atoms. The van der Waals surface area contributed by atoms with Gasteiger partial charge in [0, 0.05) is 0 Å². The SMILES string of the molecule is CNC(C)c1ncc(-c2ccc(Br)o2)o1. The van der Waals surface area contributed by atoms with E-state index in [4.69, 9.17) is 8.83 Å². The van der Waals surface area contributed by atoms with Gasteiger partial charge < -0.3 is 14.2 Å². The maximum Gasteiger partial charge on any atom is 0.211 e. The second-order valence-electron chi connectivity index (χ2n) is 3.18. The van der Waals surface area contributed by atoms with Crippen molar-refractivity contribution in [1.82, 2.24) is 10.3 Å². The number of hydrogen-bond donors (Lipinski definition) is 1. The molecule has 0 aromatic carbocycles. The predicted molar refractivity (Wildman–Crippen MR) is 59.4 cm³/mol. The Morgan fingerprint density at radius 3 is 2.73 bits per heavy atom. The summed E-state index contributed by atoms with van der Waals surface area (Å²) in [5.74, 6) is 1.96. The zero-order valence-corrected chi connectivity index (χ0v) is 10.0. The lowest BCUT2D eigenvalue weighted by Gasteiger charge is -2.02. The average molecular weight is 271 g/mol. The Morgan fingerprint density at radius 2 is 2.13 bits per heavy atom. The van der Waals surface area contributed by atoms with E-state index in [2.05, 4.69) is 26.2 Å². The molecule has 15 heavy (non-hydrogen) atoms. The molecule has 1 unspecified atom stereocenters. The van der Waals surface area contributed by atoms with E-state index in [0.29, 0.717) is 22.1 Å². The van der Waals surface area contributed by atoms with Crippen molar-refractivity contribution in [2.45, 2.75) is 13.0 Å². The number of rotatable bonds is 3. The first kappa shape index (κ1) is 10.4. The Bertz CT molecular complexity index is 450. The van der Waals surface area contributed by atoms with E-state index in [-0.39, 0.29) is 6.04 Å². The van der Waals surface area contributed by atoms with Gasteiger partial charge >= 0.3 is 0 Å². The Balaban J connectivity index is 2.27. The molecule has 5 heteroatoms. The lowest BCUT2D eigenvalue weighted by Crippen LogP contribution is -2.12. The van der Waals surface area contributed by atoms with Crippen LogP contribution in [-0.2, 0) is 0 Å². The van der Waals surface area contributed by atoms with Gasteiger partial charge in [-0.15, -0.1) is 0 Å². The van der Waals surface area contributed by atoms with Crippen molar-refractivity contribution in [1.29, 1.82) is 0 Å². The molecule has 4 nitrogen and oxygen atoms in total. The van der Waals surface area contributed by atoms with E-state index < -0.39 is 0 Å². The first-order valence-corrected chi connectivity index (χ1v) is 5.38. The van der Waals surface area contributed by atoms with Crippen LogP contribution in [0.25, 0.3) is 11.5 Å². The summed E-state index contributed by atoms with van der Waals surface area (Å²) in [5, 5.41) is 3.06. The Morgan fingerprint density at radius 1 is 1.33 bits per heavy atom. The zero-order valence-electron chi connectivity index (χ0n) is 8.45. The van der Waals surface area contributed by atoms with Gasteiger partial charge in [-0.25, -0.2) is 4.98 Å². The molecule has 0 saturated heterocycles. The third-order valence-corrected chi connectivity index (χ3v) is 2.57. The molecule has 0 amide bonds. The molecule has 0 aliphatic carbocycles. The standard InChI is InChI=1S/C10H11BrN2O2/c1-6(12-2)10-13-5-8(15-10)7-3-4-9(11)14-7/h3-6,12H,1-2H3. The summed E-state index contributed by atoms with van der Waals surface area (Å²) in [6, 6.07) is 3.74. The van der Waals surface area contributed by atoms with Crippen LogP contribution in [0.2, 0.25) is 0 Å². The average Bonchev–Trinajstić information content (AvgIpc) is 2.84. The minimum absolute atomic E-state index is 0.0946. The van der Waals surface area contributed by atoms with Crippen LogP contribution in [0.1, 0.15) is 18.9 Å². The number of hydrogen-bond acceptors (Lipinski definition) is 4. The monoisotopic (exact) mass is 270 g/mol. The van der Waals surface area contributed by atoms with Crippen LogP contribution in [0, 0.1) is 0 Å². The van der Waals surface area contributed by atoms with Gasteiger partial charge in [-0.3, -0.25) is 0 Å². The molecule has 0 radical (unpaired) electrons. The number of nitrogens with zero attached hydrogens (tertiary/aromatic N) is 1. The summed E-state index contributed by atoms with van der Waals surface area (Å²) in [6.45, 7) is 1.98. The van der Waals surface area contributed by atoms with Crippen molar-refractivity contribution in [2.75, 3.05) is 7.05 Å². The predicted octanol–water partition coefficient (Wildman–Crippen LogP) is 2.98. The van der Waals surface area contributed by atoms with Gasteiger partial charge in [0.1, 0.15) is 0 Å². The summed E-state index contributed by atoms with van der Waals surface area (Å²) in [5.41, 5.74) is 0. The lowest BCUT2D eigenvalue weighted by molar-refractivity contribution is 0.429. The molecule has 2 rings (SSSR count). The molecule has 0 fully saturated rings. The first-order chi connectivity index (χ1) is 7.20. The molecular weight excluding hydrogens is 260 g/mol. The van der Waals surface area contributed by atoms with Gasteiger partial charge in [-0.1, -0.05) is 0 Å². The summed E-state index contributed by atoms with van der Waals surface area (Å²) >= 11 is 3.24. The van der Waals surface area contributed by atoms with E-state index in [1.165, 1.54) is 0 Å². The molecule has 80 valence electrons. The molecular formula is C10H11BrN2O2.